The fourth-order valence-electron chi connectivity index (χ4n) is 2.57. The number of amides is 2. The van der Waals surface area contributed by atoms with E-state index in [0.29, 0.717) is 28.6 Å². The second-order valence-corrected chi connectivity index (χ2v) is 7.33. The number of halogens is 1. The number of nitrogens with zero attached hydrogens (tertiary/aromatic N) is 1. The van der Waals surface area contributed by atoms with Crippen LogP contribution >= 0.6 is 15.9 Å². The van der Waals surface area contributed by atoms with E-state index in [9.17, 15) is 14.8 Å². The Hall–Kier alpha value is -3.69. The number of benzene rings is 3. The van der Waals surface area contributed by atoms with Crippen LogP contribution in [0.5, 0.6) is 23.0 Å². The van der Waals surface area contributed by atoms with E-state index in [2.05, 4.69) is 15.9 Å². The van der Waals surface area contributed by atoms with Gasteiger partial charge in [-0.3, -0.25) is 20.2 Å². The number of hydroxylamine groups is 2. The van der Waals surface area contributed by atoms with E-state index in [-0.39, 0.29) is 16.5 Å². The molecule has 0 saturated carbocycles. The number of primary amides is 1. The van der Waals surface area contributed by atoms with Gasteiger partial charge in [0.25, 0.3) is 0 Å². The van der Waals surface area contributed by atoms with Gasteiger partial charge < -0.3 is 15.2 Å². The molecule has 3 rings (SSSR count). The van der Waals surface area contributed by atoms with Crippen molar-refractivity contribution in [2.75, 3.05) is 0 Å². The topological polar surface area (TPSA) is 126 Å². The van der Waals surface area contributed by atoms with Gasteiger partial charge >= 0.3 is 0 Å². The first-order valence-corrected chi connectivity index (χ1v) is 9.77. The minimum Gasteiger partial charge on any atom is -0.457 e. The number of amidine groups is 1. The van der Waals surface area contributed by atoms with Crippen molar-refractivity contribution < 1.29 is 24.3 Å². The Balaban J connectivity index is 1.82. The van der Waals surface area contributed by atoms with Crippen LogP contribution in [0.4, 0.5) is 0 Å². The summed E-state index contributed by atoms with van der Waals surface area (Å²) in [6.45, 7) is 1.14. The average molecular weight is 484 g/mol. The van der Waals surface area contributed by atoms with Crippen LogP contribution in [-0.4, -0.2) is 27.9 Å². The van der Waals surface area contributed by atoms with E-state index in [4.69, 9.17) is 20.6 Å². The number of hydrogen-bond acceptors (Lipinski definition) is 6. The Morgan fingerprint density at radius 3 is 1.81 bits per heavy atom. The highest BCUT2D eigenvalue weighted by Crippen LogP contribution is 2.31. The lowest BCUT2D eigenvalue weighted by atomic mass is 10.1. The van der Waals surface area contributed by atoms with Crippen LogP contribution in [0.2, 0.25) is 0 Å². The van der Waals surface area contributed by atoms with Gasteiger partial charge in [0, 0.05) is 28.6 Å². The molecule has 0 saturated heterocycles. The fourth-order valence-corrected chi connectivity index (χ4v) is 2.83. The zero-order valence-corrected chi connectivity index (χ0v) is 17.9. The summed E-state index contributed by atoms with van der Waals surface area (Å²) in [5.74, 6) is -0.0186. The van der Waals surface area contributed by atoms with Gasteiger partial charge in [-0.05, 0) is 60.7 Å². The largest absolute Gasteiger partial charge is 0.457 e. The molecule has 9 heteroatoms. The summed E-state index contributed by atoms with van der Waals surface area (Å²) >= 11 is 3.36. The maximum absolute atomic E-state index is 11.7. The molecule has 4 N–H and O–H groups in total. The van der Waals surface area contributed by atoms with Crippen molar-refractivity contribution in [3.8, 4) is 23.0 Å². The number of ether oxygens (including phenoxy) is 2. The van der Waals surface area contributed by atoms with Crippen molar-refractivity contribution in [1.29, 1.82) is 5.41 Å². The standard InChI is InChI=1S/C22H18BrN3O5/c1-13(27)26(29)21(24)14-2-6-17(7-3-14)30-19-10-15(22(25)28)11-20(12-19)31-18-8-4-16(23)5-9-18/h2-12,24,29H,1H3,(H2,25,28). The quantitative estimate of drug-likeness (QED) is 0.203. The molecule has 0 aliphatic rings. The Kier molecular flexibility index (Phi) is 6.68. The van der Waals surface area contributed by atoms with Crippen molar-refractivity contribution >= 4 is 33.6 Å². The molecule has 8 nitrogen and oxygen atoms in total. The molecular weight excluding hydrogens is 466 g/mol. The average Bonchev–Trinajstić information content (AvgIpc) is 2.74. The summed E-state index contributed by atoms with van der Waals surface area (Å²) in [5, 5.41) is 17.6. The minimum atomic E-state index is -0.674. The first-order valence-electron chi connectivity index (χ1n) is 8.97. The van der Waals surface area contributed by atoms with Gasteiger partial charge in [-0.25, -0.2) is 0 Å². The van der Waals surface area contributed by atoms with Gasteiger partial charge in [0.05, 0.1) is 0 Å². The molecule has 0 aliphatic heterocycles. The summed E-state index contributed by atoms with van der Waals surface area (Å²) in [6, 6.07) is 17.9. The van der Waals surface area contributed by atoms with Crippen molar-refractivity contribution in [1.82, 2.24) is 5.06 Å². The summed E-state index contributed by atoms with van der Waals surface area (Å²) in [6.07, 6.45) is 0. The SMILES string of the molecule is CC(=O)N(O)C(=N)c1ccc(Oc2cc(Oc3ccc(Br)cc3)cc(C(N)=O)c2)cc1. The lowest BCUT2D eigenvalue weighted by molar-refractivity contribution is -0.146. The molecule has 0 aliphatic carbocycles. The fraction of sp³-hybridized carbons (Fsp3) is 0.0455. The molecule has 31 heavy (non-hydrogen) atoms. The van der Waals surface area contributed by atoms with E-state index in [1.165, 1.54) is 24.3 Å². The first kappa shape index (κ1) is 22.0. The monoisotopic (exact) mass is 483 g/mol. The molecule has 0 unspecified atom stereocenters. The van der Waals surface area contributed by atoms with E-state index in [0.717, 1.165) is 11.4 Å². The van der Waals surface area contributed by atoms with Gasteiger partial charge in [-0.2, -0.15) is 5.06 Å². The third-order valence-corrected chi connectivity index (χ3v) is 4.62. The molecule has 0 bridgehead atoms. The third kappa shape index (κ3) is 5.68. The highest BCUT2D eigenvalue weighted by molar-refractivity contribution is 9.10. The molecule has 3 aromatic carbocycles. The molecule has 0 fully saturated rings. The van der Waals surface area contributed by atoms with E-state index >= 15 is 0 Å². The molecule has 2 amide bonds. The zero-order chi connectivity index (χ0) is 22.5. The zero-order valence-electron chi connectivity index (χ0n) is 16.3. The summed E-state index contributed by atoms with van der Waals surface area (Å²) in [7, 11) is 0. The van der Waals surface area contributed by atoms with Gasteiger partial charge in [-0.1, -0.05) is 15.9 Å². The molecular formula is C22H18BrN3O5. The minimum absolute atomic E-state index is 0.209. The number of hydrogen-bond donors (Lipinski definition) is 3. The van der Waals surface area contributed by atoms with Crippen LogP contribution in [0.3, 0.4) is 0 Å². The molecule has 0 heterocycles. The van der Waals surface area contributed by atoms with Gasteiger partial charge in [0.2, 0.25) is 11.8 Å². The van der Waals surface area contributed by atoms with Crippen LogP contribution in [-0.2, 0) is 4.79 Å². The summed E-state index contributed by atoms with van der Waals surface area (Å²) in [4.78, 5) is 22.9. The smallest absolute Gasteiger partial charge is 0.249 e. The molecule has 158 valence electrons. The summed E-state index contributed by atoms with van der Waals surface area (Å²) < 4.78 is 12.5. The van der Waals surface area contributed by atoms with Gasteiger partial charge in [-0.15, -0.1) is 0 Å². The van der Waals surface area contributed by atoms with Crippen molar-refractivity contribution in [3.05, 3.63) is 82.3 Å². The van der Waals surface area contributed by atoms with Crippen molar-refractivity contribution in [2.24, 2.45) is 5.73 Å². The maximum Gasteiger partial charge on any atom is 0.249 e. The van der Waals surface area contributed by atoms with Crippen LogP contribution in [0, 0.1) is 5.41 Å². The molecule has 0 radical (unpaired) electrons. The van der Waals surface area contributed by atoms with Gasteiger partial charge in [0.15, 0.2) is 5.84 Å². The lowest BCUT2D eigenvalue weighted by Gasteiger charge is -2.14. The highest BCUT2D eigenvalue weighted by atomic mass is 79.9. The van der Waals surface area contributed by atoms with Crippen molar-refractivity contribution in [2.45, 2.75) is 6.92 Å². The van der Waals surface area contributed by atoms with Gasteiger partial charge in [0.1, 0.15) is 23.0 Å². The predicted molar refractivity (Wildman–Crippen MR) is 117 cm³/mol. The number of carbonyl (C=O) groups excluding carboxylic acids is 2. The first-order chi connectivity index (χ1) is 14.7. The van der Waals surface area contributed by atoms with Crippen LogP contribution < -0.4 is 15.2 Å². The Bertz CT molecular complexity index is 1130. The number of nitrogens with one attached hydrogen (secondary N) is 1. The normalized spacial score (nSPS) is 10.3. The number of carbonyl (C=O) groups is 2. The maximum atomic E-state index is 11.7. The number of rotatable bonds is 6. The molecule has 0 aromatic heterocycles. The molecule has 0 atom stereocenters. The van der Waals surface area contributed by atoms with E-state index in [1.807, 2.05) is 12.1 Å². The molecule has 3 aromatic rings. The summed E-state index contributed by atoms with van der Waals surface area (Å²) in [5.41, 5.74) is 5.95. The highest BCUT2D eigenvalue weighted by Gasteiger charge is 2.14. The van der Waals surface area contributed by atoms with Crippen molar-refractivity contribution in [3.63, 3.8) is 0 Å². The van der Waals surface area contributed by atoms with E-state index < -0.39 is 11.8 Å². The Morgan fingerprint density at radius 1 is 0.871 bits per heavy atom. The Labute approximate surface area is 186 Å². The lowest BCUT2D eigenvalue weighted by Crippen LogP contribution is -2.31. The third-order valence-electron chi connectivity index (χ3n) is 4.09. The van der Waals surface area contributed by atoms with Crippen LogP contribution in [0.15, 0.2) is 71.2 Å². The Morgan fingerprint density at radius 2 is 1.35 bits per heavy atom. The second-order valence-electron chi connectivity index (χ2n) is 6.42. The van der Waals surface area contributed by atoms with E-state index in [1.54, 1.807) is 30.3 Å². The molecule has 0 spiro atoms. The second kappa shape index (κ2) is 9.41. The van der Waals surface area contributed by atoms with Crippen LogP contribution in [0.1, 0.15) is 22.8 Å². The number of nitrogens with two attached hydrogens (primary N) is 1. The van der Waals surface area contributed by atoms with Crippen LogP contribution in [0.25, 0.3) is 0 Å². The predicted octanol–water partition coefficient (Wildman–Crippen LogP) is 4.70.